The Bertz CT molecular complexity index is 766. The lowest BCUT2D eigenvalue weighted by Crippen LogP contribution is -2.34. The van der Waals surface area contributed by atoms with Gasteiger partial charge in [0.2, 0.25) is 5.43 Å². The molecule has 2 aromatic rings. The van der Waals surface area contributed by atoms with E-state index in [4.69, 9.17) is 0 Å². The van der Waals surface area contributed by atoms with E-state index >= 15 is 0 Å². The predicted molar refractivity (Wildman–Crippen MR) is 85.4 cm³/mol. The number of nitrogens with zero attached hydrogens (tertiary/aromatic N) is 2. The summed E-state index contributed by atoms with van der Waals surface area (Å²) in [6.07, 6.45) is 3.79. The summed E-state index contributed by atoms with van der Waals surface area (Å²) < 4.78 is 1.93. The van der Waals surface area contributed by atoms with Crippen LogP contribution in [0.15, 0.2) is 35.3 Å². The monoisotopic (exact) mass is 300 g/mol. The molecular weight excluding hydrogens is 280 g/mol. The zero-order chi connectivity index (χ0) is 15.7. The van der Waals surface area contributed by atoms with E-state index < -0.39 is 11.4 Å². The van der Waals surface area contributed by atoms with Crippen molar-refractivity contribution in [1.82, 2.24) is 9.47 Å². The molecule has 1 fully saturated rings. The number of likely N-dealkylation sites (tertiary alicyclic amines) is 1. The van der Waals surface area contributed by atoms with Crippen LogP contribution in [0.3, 0.4) is 0 Å². The molecular formula is C17H20N2O3. The van der Waals surface area contributed by atoms with Crippen molar-refractivity contribution in [2.24, 2.45) is 5.92 Å². The molecule has 1 atom stereocenters. The zero-order valence-electron chi connectivity index (χ0n) is 12.7. The van der Waals surface area contributed by atoms with Gasteiger partial charge in [0.15, 0.2) is 0 Å². The summed E-state index contributed by atoms with van der Waals surface area (Å²) in [7, 11) is 2.11. The van der Waals surface area contributed by atoms with E-state index in [1.807, 2.05) is 16.7 Å². The highest BCUT2D eigenvalue weighted by atomic mass is 16.4. The van der Waals surface area contributed by atoms with Gasteiger partial charge in [-0.15, -0.1) is 0 Å². The summed E-state index contributed by atoms with van der Waals surface area (Å²) in [6, 6.07) is 7.24. The van der Waals surface area contributed by atoms with E-state index in [1.165, 1.54) is 6.20 Å². The van der Waals surface area contributed by atoms with Crippen LogP contribution in [0.4, 0.5) is 0 Å². The van der Waals surface area contributed by atoms with E-state index in [0.29, 0.717) is 11.3 Å². The third-order valence-electron chi connectivity index (χ3n) is 4.40. The summed E-state index contributed by atoms with van der Waals surface area (Å²) in [5.41, 5.74) is 0.258. The summed E-state index contributed by atoms with van der Waals surface area (Å²) in [4.78, 5) is 25.9. The van der Waals surface area contributed by atoms with Crippen LogP contribution in [0, 0.1) is 5.92 Å². The molecule has 0 spiro atoms. The minimum absolute atomic E-state index is 0.150. The van der Waals surface area contributed by atoms with Crippen LogP contribution < -0.4 is 5.43 Å². The molecule has 5 heteroatoms. The molecule has 1 aromatic heterocycles. The number of para-hydroxylation sites is 1. The minimum atomic E-state index is -1.16. The van der Waals surface area contributed by atoms with Crippen LogP contribution in [-0.2, 0) is 6.54 Å². The first-order valence-electron chi connectivity index (χ1n) is 7.60. The Morgan fingerprint density at radius 3 is 2.86 bits per heavy atom. The highest BCUT2D eigenvalue weighted by Crippen LogP contribution is 2.20. The molecule has 0 bridgehead atoms. The van der Waals surface area contributed by atoms with Crippen molar-refractivity contribution in [3.63, 3.8) is 0 Å². The normalized spacial score (nSPS) is 19.4. The molecule has 0 radical (unpaired) electrons. The maximum Gasteiger partial charge on any atom is 0.341 e. The molecule has 116 valence electrons. The lowest BCUT2D eigenvalue weighted by molar-refractivity contribution is 0.0694. The fourth-order valence-electron chi connectivity index (χ4n) is 3.35. The highest BCUT2D eigenvalue weighted by molar-refractivity contribution is 5.92. The number of carboxylic acid groups (broad SMARTS) is 1. The van der Waals surface area contributed by atoms with Gasteiger partial charge in [-0.25, -0.2) is 4.79 Å². The Morgan fingerprint density at radius 2 is 2.14 bits per heavy atom. The Balaban J connectivity index is 2.06. The number of hydrogen-bond acceptors (Lipinski definition) is 3. The Kier molecular flexibility index (Phi) is 3.98. The number of benzene rings is 1. The van der Waals surface area contributed by atoms with Crippen LogP contribution in [0.5, 0.6) is 0 Å². The lowest BCUT2D eigenvalue weighted by Gasteiger charge is -2.30. The quantitative estimate of drug-likeness (QED) is 0.942. The first-order valence-corrected chi connectivity index (χ1v) is 7.60. The SMILES string of the molecule is CN1CCCC(Cn2cc(C(=O)O)c(=O)c3ccccc32)C1. The van der Waals surface area contributed by atoms with Crippen LogP contribution in [0.1, 0.15) is 23.2 Å². The Morgan fingerprint density at radius 1 is 1.36 bits per heavy atom. The largest absolute Gasteiger partial charge is 0.477 e. The van der Waals surface area contributed by atoms with E-state index in [2.05, 4.69) is 11.9 Å². The average Bonchev–Trinajstić information content (AvgIpc) is 2.50. The molecule has 1 N–H and O–H groups in total. The van der Waals surface area contributed by atoms with E-state index in [-0.39, 0.29) is 5.56 Å². The maximum atomic E-state index is 12.3. The lowest BCUT2D eigenvalue weighted by atomic mass is 9.98. The van der Waals surface area contributed by atoms with Gasteiger partial charge in [-0.3, -0.25) is 4.79 Å². The number of aromatic carboxylic acids is 1. The number of rotatable bonds is 3. The molecule has 1 aliphatic rings. The van der Waals surface area contributed by atoms with Crippen molar-refractivity contribution in [3.8, 4) is 0 Å². The standard InChI is InChI=1S/C17H20N2O3/c1-18-8-4-5-12(9-18)10-19-11-14(17(21)22)16(20)13-6-2-3-7-15(13)19/h2-3,6-7,11-12H,4-5,8-10H2,1H3,(H,21,22). The summed E-state index contributed by atoms with van der Waals surface area (Å²) in [5.74, 6) is -0.684. The van der Waals surface area contributed by atoms with Gasteiger partial charge in [0.1, 0.15) is 5.56 Å². The number of carbonyl (C=O) groups is 1. The molecule has 3 rings (SSSR count). The minimum Gasteiger partial charge on any atom is -0.477 e. The molecule has 0 saturated carbocycles. The molecule has 2 heterocycles. The van der Waals surface area contributed by atoms with Gasteiger partial charge >= 0.3 is 5.97 Å². The van der Waals surface area contributed by atoms with Crippen molar-refractivity contribution in [2.45, 2.75) is 19.4 Å². The first-order chi connectivity index (χ1) is 10.6. The summed E-state index contributed by atoms with van der Waals surface area (Å²) in [5, 5.41) is 9.75. The predicted octanol–water partition coefficient (Wildman–Crippen LogP) is 2.04. The molecule has 1 saturated heterocycles. The second kappa shape index (κ2) is 5.93. The van der Waals surface area contributed by atoms with E-state index in [9.17, 15) is 14.7 Å². The Hall–Kier alpha value is -2.14. The van der Waals surface area contributed by atoms with Gasteiger partial charge in [0.05, 0.1) is 5.52 Å². The molecule has 22 heavy (non-hydrogen) atoms. The molecule has 1 unspecified atom stereocenters. The molecule has 1 aliphatic heterocycles. The number of piperidine rings is 1. The second-order valence-electron chi connectivity index (χ2n) is 6.12. The zero-order valence-corrected chi connectivity index (χ0v) is 12.7. The number of hydrogen-bond donors (Lipinski definition) is 1. The van der Waals surface area contributed by atoms with Crippen molar-refractivity contribution in [3.05, 3.63) is 46.2 Å². The van der Waals surface area contributed by atoms with Crippen molar-refractivity contribution in [2.75, 3.05) is 20.1 Å². The summed E-state index contributed by atoms with van der Waals surface area (Å²) >= 11 is 0. The highest BCUT2D eigenvalue weighted by Gasteiger charge is 2.20. The van der Waals surface area contributed by atoms with Gasteiger partial charge < -0.3 is 14.6 Å². The van der Waals surface area contributed by atoms with E-state index in [0.717, 1.165) is 38.0 Å². The fraction of sp³-hybridized carbons (Fsp3) is 0.412. The molecule has 5 nitrogen and oxygen atoms in total. The van der Waals surface area contributed by atoms with Gasteiger partial charge in [0.25, 0.3) is 0 Å². The molecule has 0 aliphatic carbocycles. The first kappa shape index (κ1) is 14.8. The number of aromatic nitrogens is 1. The maximum absolute atomic E-state index is 12.3. The van der Waals surface area contributed by atoms with Crippen molar-refractivity contribution in [1.29, 1.82) is 0 Å². The topological polar surface area (TPSA) is 62.5 Å². The fourth-order valence-corrected chi connectivity index (χ4v) is 3.35. The smallest absolute Gasteiger partial charge is 0.341 e. The van der Waals surface area contributed by atoms with Crippen molar-refractivity contribution < 1.29 is 9.90 Å². The van der Waals surface area contributed by atoms with Crippen LogP contribution in [-0.4, -0.2) is 40.7 Å². The number of fused-ring (bicyclic) bond motifs is 1. The average molecular weight is 300 g/mol. The summed E-state index contributed by atoms with van der Waals surface area (Å²) in [6.45, 7) is 2.86. The van der Waals surface area contributed by atoms with Gasteiger partial charge in [-0.05, 0) is 44.5 Å². The van der Waals surface area contributed by atoms with Gasteiger partial charge in [-0.2, -0.15) is 0 Å². The third-order valence-corrected chi connectivity index (χ3v) is 4.40. The van der Waals surface area contributed by atoms with Crippen LogP contribution >= 0.6 is 0 Å². The number of pyridine rings is 1. The van der Waals surface area contributed by atoms with Gasteiger partial charge in [-0.1, -0.05) is 12.1 Å². The Labute approximate surface area is 128 Å². The second-order valence-corrected chi connectivity index (χ2v) is 6.12. The van der Waals surface area contributed by atoms with Crippen LogP contribution in [0.2, 0.25) is 0 Å². The molecule has 1 aromatic carbocycles. The third kappa shape index (κ3) is 2.76. The van der Waals surface area contributed by atoms with Crippen LogP contribution in [0.25, 0.3) is 10.9 Å². The van der Waals surface area contributed by atoms with E-state index in [1.54, 1.807) is 12.1 Å². The van der Waals surface area contributed by atoms with Gasteiger partial charge in [0, 0.05) is 24.7 Å². The number of carboxylic acids is 1. The van der Waals surface area contributed by atoms with Crippen molar-refractivity contribution >= 4 is 16.9 Å². The molecule has 0 amide bonds.